The maximum atomic E-state index is 12.5. The topological polar surface area (TPSA) is 154 Å². The summed E-state index contributed by atoms with van der Waals surface area (Å²) in [6.45, 7) is 1.06. The zero-order valence-electron chi connectivity index (χ0n) is 17.8. The lowest BCUT2D eigenvalue weighted by molar-refractivity contribution is 0.172. The molecule has 12 heteroatoms. The first-order valence-corrected chi connectivity index (χ1v) is 11.6. The first-order chi connectivity index (χ1) is 16.0. The van der Waals surface area contributed by atoms with Gasteiger partial charge >= 0.3 is 0 Å². The fourth-order valence-corrected chi connectivity index (χ4v) is 4.27. The van der Waals surface area contributed by atoms with Crippen LogP contribution in [0.2, 0.25) is 0 Å². The average Bonchev–Trinajstić information content (AvgIpc) is 3.49. The van der Waals surface area contributed by atoms with E-state index in [2.05, 4.69) is 30.4 Å². The first kappa shape index (κ1) is 22.6. The highest BCUT2D eigenvalue weighted by atomic mass is 32.2. The largest absolute Gasteiger partial charge is 0.492 e. The Morgan fingerprint density at radius 3 is 2.85 bits per heavy atom. The Labute approximate surface area is 190 Å². The van der Waals surface area contributed by atoms with Crippen LogP contribution < -0.4 is 19.5 Å². The van der Waals surface area contributed by atoms with Gasteiger partial charge in [0.25, 0.3) is 10.0 Å². The van der Waals surface area contributed by atoms with Crippen molar-refractivity contribution in [3.63, 3.8) is 0 Å². The number of hydrogen-bond acceptors (Lipinski definition) is 8. The molecule has 4 aromatic rings. The van der Waals surface area contributed by atoms with Gasteiger partial charge in [-0.25, -0.2) is 8.42 Å². The fraction of sp³-hybridized carbons (Fsp3) is 0.238. The molecule has 2 aromatic carbocycles. The smallest absolute Gasteiger partial charge is 0.265 e. The number of methoxy groups -OCH3 is 1. The first-order valence-electron chi connectivity index (χ1n) is 10.1. The van der Waals surface area contributed by atoms with E-state index in [9.17, 15) is 13.5 Å². The third kappa shape index (κ3) is 5.25. The third-order valence-electron chi connectivity index (χ3n) is 4.93. The molecule has 0 aliphatic carbocycles. The van der Waals surface area contributed by atoms with Gasteiger partial charge in [0, 0.05) is 30.9 Å². The highest BCUT2D eigenvalue weighted by molar-refractivity contribution is 7.92. The van der Waals surface area contributed by atoms with Crippen molar-refractivity contribution in [3.8, 4) is 11.6 Å². The molecule has 0 saturated carbocycles. The number of rotatable bonds is 11. The fourth-order valence-electron chi connectivity index (χ4n) is 3.28. The molecule has 0 spiro atoms. The lowest BCUT2D eigenvalue weighted by atomic mass is 10.1. The van der Waals surface area contributed by atoms with E-state index in [4.69, 9.17) is 9.47 Å². The molecular formula is C21H24N6O5S. The molecular weight excluding hydrogens is 448 g/mol. The Hall–Kier alpha value is -3.61. The summed E-state index contributed by atoms with van der Waals surface area (Å²) < 4.78 is 38.4. The monoisotopic (exact) mass is 472 g/mol. The number of aliphatic hydroxyl groups is 1. The predicted octanol–water partition coefficient (Wildman–Crippen LogP) is 1.80. The van der Waals surface area contributed by atoms with Crippen LogP contribution in [0.3, 0.4) is 0 Å². The van der Waals surface area contributed by atoms with E-state index in [0.29, 0.717) is 36.0 Å². The lowest BCUT2D eigenvalue weighted by Crippen LogP contribution is -2.26. The molecule has 11 nitrogen and oxygen atoms in total. The van der Waals surface area contributed by atoms with Crippen molar-refractivity contribution in [1.29, 1.82) is 0 Å². The molecule has 0 aliphatic rings. The molecule has 33 heavy (non-hydrogen) atoms. The lowest BCUT2D eigenvalue weighted by Gasteiger charge is -2.17. The van der Waals surface area contributed by atoms with Gasteiger partial charge in [0.1, 0.15) is 17.3 Å². The van der Waals surface area contributed by atoms with Gasteiger partial charge in [0.15, 0.2) is 0 Å². The summed E-state index contributed by atoms with van der Waals surface area (Å²) in [5.41, 5.74) is 1.56. The molecule has 2 heterocycles. The van der Waals surface area contributed by atoms with E-state index in [1.807, 2.05) is 18.2 Å². The maximum absolute atomic E-state index is 12.5. The molecule has 174 valence electrons. The second-order valence-electron chi connectivity index (χ2n) is 7.14. The average molecular weight is 473 g/mol. The minimum Gasteiger partial charge on any atom is -0.492 e. The highest BCUT2D eigenvalue weighted by Gasteiger charge is 2.19. The van der Waals surface area contributed by atoms with Gasteiger partial charge in [0.05, 0.1) is 36.0 Å². The van der Waals surface area contributed by atoms with Crippen LogP contribution in [0.25, 0.3) is 10.9 Å². The molecule has 0 amide bonds. The Balaban J connectivity index is 1.29. The van der Waals surface area contributed by atoms with Gasteiger partial charge in [0.2, 0.25) is 5.88 Å². The molecule has 0 fully saturated rings. The number of fused-ring (bicyclic) bond motifs is 1. The summed E-state index contributed by atoms with van der Waals surface area (Å²) in [7, 11) is -2.25. The van der Waals surface area contributed by atoms with Gasteiger partial charge in [-0.05, 0) is 18.2 Å². The number of aliphatic hydroxyl groups excluding tert-OH is 1. The summed E-state index contributed by atoms with van der Waals surface area (Å²) in [6.07, 6.45) is 1.56. The Kier molecular flexibility index (Phi) is 6.77. The zero-order valence-corrected chi connectivity index (χ0v) is 18.6. The number of hydrogen-bond donors (Lipinski definition) is 5. The van der Waals surface area contributed by atoms with E-state index in [-0.39, 0.29) is 11.4 Å². The number of aromatic amines is 2. The minimum absolute atomic E-state index is 0.00817. The number of H-pyrrole nitrogens is 2. The van der Waals surface area contributed by atoms with Crippen molar-refractivity contribution in [2.24, 2.45) is 0 Å². The minimum atomic E-state index is -3.81. The number of ether oxygens (including phenoxy) is 2. The van der Waals surface area contributed by atoms with Crippen LogP contribution in [-0.4, -0.2) is 60.7 Å². The number of sulfonamides is 1. The standard InChI is InChI=1S/C21H24N6O5S/c1-31-21-17-7-6-14(10-19(17)25-26-21)32-9-8-22-13-20(28)16-4-2-3-5-18(16)27-33(29,30)15-11-23-24-12-15/h2-7,10-12,20,22,27-28H,8-9,13H2,1H3,(H,23,24)(H,25,26)/t20-/m0/s1. The van der Waals surface area contributed by atoms with Crippen LogP contribution >= 0.6 is 0 Å². The van der Waals surface area contributed by atoms with Crippen molar-refractivity contribution >= 4 is 26.6 Å². The number of benzene rings is 2. The molecule has 0 unspecified atom stereocenters. The van der Waals surface area contributed by atoms with Crippen molar-refractivity contribution in [3.05, 3.63) is 60.4 Å². The molecule has 0 radical (unpaired) electrons. The van der Waals surface area contributed by atoms with Crippen molar-refractivity contribution in [2.45, 2.75) is 11.0 Å². The number of nitrogens with one attached hydrogen (secondary N) is 4. The van der Waals surface area contributed by atoms with E-state index in [1.54, 1.807) is 31.4 Å². The van der Waals surface area contributed by atoms with E-state index in [1.165, 1.54) is 12.4 Å². The molecule has 2 aromatic heterocycles. The Morgan fingerprint density at radius 1 is 1.21 bits per heavy atom. The van der Waals surface area contributed by atoms with Crippen molar-refractivity contribution in [1.82, 2.24) is 25.7 Å². The van der Waals surface area contributed by atoms with Crippen molar-refractivity contribution in [2.75, 3.05) is 31.5 Å². The molecule has 5 N–H and O–H groups in total. The number of aromatic nitrogens is 4. The molecule has 4 rings (SSSR count). The van der Waals surface area contributed by atoms with Crippen LogP contribution in [0.4, 0.5) is 5.69 Å². The second kappa shape index (κ2) is 9.90. The maximum Gasteiger partial charge on any atom is 0.265 e. The second-order valence-corrected chi connectivity index (χ2v) is 8.82. The number of para-hydroxylation sites is 1. The summed E-state index contributed by atoms with van der Waals surface area (Å²) in [5, 5.41) is 27.7. The summed E-state index contributed by atoms with van der Waals surface area (Å²) in [5.74, 6) is 1.20. The third-order valence-corrected chi connectivity index (χ3v) is 6.26. The van der Waals surface area contributed by atoms with Crippen LogP contribution in [-0.2, 0) is 10.0 Å². The quantitative estimate of drug-likeness (QED) is 0.207. The Bertz CT molecular complexity index is 1310. The van der Waals surface area contributed by atoms with Gasteiger partial charge in [-0.2, -0.15) is 5.10 Å². The molecule has 1 atom stereocenters. The van der Waals surface area contributed by atoms with E-state index in [0.717, 1.165) is 10.9 Å². The summed E-state index contributed by atoms with van der Waals surface area (Å²) >= 11 is 0. The van der Waals surface area contributed by atoms with Crippen LogP contribution in [0.5, 0.6) is 11.6 Å². The van der Waals surface area contributed by atoms with Gasteiger partial charge in [-0.15, -0.1) is 5.10 Å². The summed E-state index contributed by atoms with van der Waals surface area (Å²) in [4.78, 5) is 0.00817. The summed E-state index contributed by atoms with van der Waals surface area (Å²) in [6, 6.07) is 12.2. The van der Waals surface area contributed by atoms with Crippen LogP contribution in [0, 0.1) is 0 Å². The number of nitrogens with zero attached hydrogens (tertiary/aromatic N) is 2. The van der Waals surface area contributed by atoms with Crippen LogP contribution in [0.1, 0.15) is 11.7 Å². The molecule has 0 bridgehead atoms. The number of anilines is 1. The zero-order chi connectivity index (χ0) is 23.3. The molecule has 0 saturated heterocycles. The van der Waals surface area contributed by atoms with Crippen molar-refractivity contribution < 1.29 is 23.0 Å². The molecule has 0 aliphatic heterocycles. The SMILES string of the molecule is COc1n[nH]c2cc(OCCNC[C@H](O)c3ccccc3NS(=O)(=O)c3cn[nH]c3)ccc12. The van der Waals surface area contributed by atoms with Gasteiger partial charge in [-0.3, -0.25) is 14.9 Å². The van der Waals surface area contributed by atoms with E-state index >= 15 is 0 Å². The van der Waals surface area contributed by atoms with E-state index < -0.39 is 16.1 Å². The van der Waals surface area contributed by atoms with Gasteiger partial charge < -0.3 is 19.9 Å². The predicted molar refractivity (Wildman–Crippen MR) is 122 cm³/mol. The highest BCUT2D eigenvalue weighted by Crippen LogP contribution is 2.26. The normalized spacial score (nSPS) is 12.5. The van der Waals surface area contributed by atoms with Gasteiger partial charge in [-0.1, -0.05) is 18.2 Å². The van der Waals surface area contributed by atoms with Crippen LogP contribution in [0.15, 0.2) is 59.8 Å². The Morgan fingerprint density at radius 2 is 2.06 bits per heavy atom.